The van der Waals surface area contributed by atoms with Crippen LogP contribution in [-0.2, 0) is 4.79 Å². The van der Waals surface area contributed by atoms with Gasteiger partial charge in [-0.15, -0.1) is 0 Å². The molecule has 0 bridgehead atoms. The number of carboxylic acid groups (broad SMARTS) is 1. The number of amides is 2. The molecule has 2 amide bonds. The van der Waals surface area contributed by atoms with E-state index in [0.717, 1.165) is 0 Å². The lowest BCUT2D eigenvalue weighted by Gasteiger charge is -2.09. The number of hydrogen-bond acceptors (Lipinski definition) is 3. The van der Waals surface area contributed by atoms with E-state index in [2.05, 4.69) is 10.6 Å². The zero-order chi connectivity index (χ0) is 13.5. The molecule has 7 heteroatoms. The van der Waals surface area contributed by atoms with Crippen LogP contribution in [0.1, 0.15) is 6.92 Å². The van der Waals surface area contributed by atoms with Gasteiger partial charge in [0.05, 0.1) is 11.6 Å². The zero-order valence-electron chi connectivity index (χ0n) is 9.70. The van der Waals surface area contributed by atoms with Crippen molar-refractivity contribution in [3.05, 3.63) is 23.2 Å². The summed E-state index contributed by atoms with van der Waals surface area (Å²) in [7, 11) is 0. The highest BCUT2D eigenvalue weighted by atomic mass is 35.5. The average Bonchev–Trinajstić information content (AvgIpc) is 2.30. The molecule has 6 nitrogen and oxygen atoms in total. The van der Waals surface area contributed by atoms with Crippen molar-refractivity contribution in [3.63, 3.8) is 0 Å². The standard InChI is InChI=1S/C11H13ClN2O4/c1-2-18-9-4-3-7(5-8(9)12)14-11(17)13-6-10(15)16/h3-5H,2,6H2,1H3,(H,15,16)(H2,13,14,17). The maximum absolute atomic E-state index is 11.3. The average molecular weight is 273 g/mol. The van der Waals surface area contributed by atoms with Crippen molar-refractivity contribution in [1.29, 1.82) is 0 Å². The number of aliphatic carboxylic acids is 1. The highest BCUT2D eigenvalue weighted by molar-refractivity contribution is 6.32. The maximum Gasteiger partial charge on any atom is 0.323 e. The lowest BCUT2D eigenvalue weighted by molar-refractivity contribution is -0.135. The predicted octanol–water partition coefficient (Wildman–Crippen LogP) is 1.94. The van der Waals surface area contributed by atoms with E-state index in [9.17, 15) is 9.59 Å². The molecule has 0 aliphatic carbocycles. The molecular formula is C11H13ClN2O4. The molecule has 0 radical (unpaired) electrons. The minimum absolute atomic E-state index is 0.368. The Hall–Kier alpha value is -1.95. The van der Waals surface area contributed by atoms with Crippen molar-refractivity contribution in [2.45, 2.75) is 6.92 Å². The highest BCUT2D eigenvalue weighted by Crippen LogP contribution is 2.27. The Morgan fingerprint density at radius 3 is 2.72 bits per heavy atom. The summed E-state index contributed by atoms with van der Waals surface area (Å²) < 4.78 is 5.24. The number of carbonyl (C=O) groups is 2. The Kier molecular flexibility index (Phi) is 5.26. The van der Waals surface area contributed by atoms with E-state index in [0.29, 0.717) is 23.1 Å². The van der Waals surface area contributed by atoms with E-state index in [1.54, 1.807) is 12.1 Å². The molecule has 1 rings (SSSR count). The smallest absolute Gasteiger partial charge is 0.323 e. The monoisotopic (exact) mass is 272 g/mol. The Bertz CT molecular complexity index is 451. The molecule has 0 saturated heterocycles. The molecule has 0 aliphatic rings. The van der Waals surface area contributed by atoms with Gasteiger partial charge in [0.15, 0.2) is 0 Å². The fourth-order valence-electron chi connectivity index (χ4n) is 1.18. The van der Waals surface area contributed by atoms with Crippen molar-refractivity contribution in [1.82, 2.24) is 5.32 Å². The number of ether oxygens (including phenoxy) is 1. The first-order valence-electron chi connectivity index (χ1n) is 5.22. The fraction of sp³-hybridized carbons (Fsp3) is 0.273. The summed E-state index contributed by atoms with van der Waals surface area (Å²) in [5.41, 5.74) is 0.450. The lowest BCUT2D eigenvalue weighted by Crippen LogP contribution is -2.33. The molecule has 0 aromatic heterocycles. The van der Waals surface area contributed by atoms with Crippen molar-refractivity contribution in [2.24, 2.45) is 0 Å². The summed E-state index contributed by atoms with van der Waals surface area (Å²) in [4.78, 5) is 21.5. The zero-order valence-corrected chi connectivity index (χ0v) is 10.5. The van der Waals surface area contributed by atoms with Gasteiger partial charge >= 0.3 is 12.0 Å². The van der Waals surface area contributed by atoms with Gasteiger partial charge in [-0.3, -0.25) is 4.79 Å². The molecule has 0 fully saturated rings. The van der Waals surface area contributed by atoms with Gasteiger partial charge in [-0.2, -0.15) is 0 Å². The van der Waals surface area contributed by atoms with E-state index in [4.69, 9.17) is 21.4 Å². The number of halogens is 1. The molecule has 0 saturated carbocycles. The number of rotatable bonds is 5. The van der Waals surface area contributed by atoms with Crippen molar-refractivity contribution in [3.8, 4) is 5.75 Å². The number of benzene rings is 1. The van der Waals surface area contributed by atoms with Gasteiger partial charge in [-0.05, 0) is 25.1 Å². The van der Waals surface area contributed by atoms with Crippen LogP contribution in [0.2, 0.25) is 5.02 Å². The van der Waals surface area contributed by atoms with Gasteiger partial charge in [-0.1, -0.05) is 11.6 Å². The van der Waals surface area contributed by atoms with E-state index in [1.807, 2.05) is 6.92 Å². The largest absolute Gasteiger partial charge is 0.492 e. The molecule has 0 spiro atoms. The maximum atomic E-state index is 11.3. The highest BCUT2D eigenvalue weighted by Gasteiger charge is 2.06. The van der Waals surface area contributed by atoms with Crippen LogP contribution in [0, 0.1) is 0 Å². The van der Waals surface area contributed by atoms with Gasteiger partial charge < -0.3 is 20.5 Å². The minimum atomic E-state index is -1.12. The predicted molar refractivity (Wildman–Crippen MR) is 67.3 cm³/mol. The topological polar surface area (TPSA) is 87.7 Å². The normalized spacial score (nSPS) is 9.67. The lowest BCUT2D eigenvalue weighted by atomic mass is 10.3. The van der Waals surface area contributed by atoms with Crippen LogP contribution in [0.5, 0.6) is 5.75 Å². The van der Waals surface area contributed by atoms with Gasteiger partial charge in [0.2, 0.25) is 0 Å². The van der Waals surface area contributed by atoms with Gasteiger partial charge in [0.25, 0.3) is 0 Å². The molecule has 1 aromatic carbocycles. The second kappa shape index (κ2) is 6.70. The number of urea groups is 1. The van der Waals surface area contributed by atoms with Crippen LogP contribution in [0.25, 0.3) is 0 Å². The van der Waals surface area contributed by atoms with Crippen LogP contribution in [0.15, 0.2) is 18.2 Å². The molecule has 0 atom stereocenters. The molecule has 98 valence electrons. The minimum Gasteiger partial charge on any atom is -0.492 e. The summed E-state index contributed by atoms with van der Waals surface area (Å²) in [5.74, 6) is -0.592. The van der Waals surface area contributed by atoms with Crippen LogP contribution >= 0.6 is 11.6 Å². The quantitative estimate of drug-likeness (QED) is 0.764. The van der Waals surface area contributed by atoms with Gasteiger partial charge in [-0.25, -0.2) is 4.79 Å². The second-order valence-electron chi connectivity index (χ2n) is 3.28. The summed E-state index contributed by atoms with van der Waals surface area (Å²) in [6.45, 7) is 1.88. The van der Waals surface area contributed by atoms with Crippen LogP contribution in [0.3, 0.4) is 0 Å². The molecule has 3 N–H and O–H groups in total. The first-order valence-corrected chi connectivity index (χ1v) is 5.59. The van der Waals surface area contributed by atoms with E-state index < -0.39 is 18.5 Å². The fourth-order valence-corrected chi connectivity index (χ4v) is 1.42. The van der Waals surface area contributed by atoms with Crippen molar-refractivity contribution < 1.29 is 19.4 Å². The third-order valence-electron chi connectivity index (χ3n) is 1.89. The van der Waals surface area contributed by atoms with Gasteiger partial charge in [0.1, 0.15) is 12.3 Å². The van der Waals surface area contributed by atoms with Crippen molar-refractivity contribution in [2.75, 3.05) is 18.5 Å². The molecule has 1 aromatic rings. The first kappa shape index (κ1) is 14.1. The first-order chi connectivity index (χ1) is 8.52. The third kappa shape index (κ3) is 4.50. The molecule has 18 heavy (non-hydrogen) atoms. The van der Waals surface area contributed by atoms with E-state index >= 15 is 0 Å². The van der Waals surface area contributed by atoms with Crippen LogP contribution in [0.4, 0.5) is 10.5 Å². The number of nitrogens with one attached hydrogen (secondary N) is 2. The van der Waals surface area contributed by atoms with E-state index in [1.165, 1.54) is 6.07 Å². The molecule has 0 aliphatic heterocycles. The Balaban J connectivity index is 2.60. The summed E-state index contributed by atoms with van der Waals surface area (Å²) in [6.07, 6.45) is 0. The van der Waals surface area contributed by atoms with Crippen LogP contribution in [-0.4, -0.2) is 30.3 Å². The van der Waals surface area contributed by atoms with Crippen LogP contribution < -0.4 is 15.4 Å². The summed E-state index contributed by atoms with van der Waals surface area (Å²) in [5, 5.41) is 13.4. The Labute approximate surface area is 109 Å². The third-order valence-corrected chi connectivity index (χ3v) is 2.19. The SMILES string of the molecule is CCOc1ccc(NC(=O)NCC(=O)O)cc1Cl. The molecular weight excluding hydrogens is 260 g/mol. The van der Waals surface area contributed by atoms with Gasteiger partial charge in [0, 0.05) is 5.69 Å². The van der Waals surface area contributed by atoms with E-state index in [-0.39, 0.29) is 0 Å². The van der Waals surface area contributed by atoms with Crippen molar-refractivity contribution >= 4 is 29.3 Å². The number of anilines is 1. The number of carbonyl (C=O) groups excluding carboxylic acids is 1. The number of hydrogen-bond donors (Lipinski definition) is 3. The molecule has 0 unspecified atom stereocenters. The Morgan fingerprint density at radius 2 is 2.17 bits per heavy atom. The summed E-state index contributed by atoms with van der Waals surface area (Å²) in [6, 6.07) is 4.14. The number of carboxylic acids is 1. The second-order valence-corrected chi connectivity index (χ2v) is 3.69. The molecule has 0 heterocycles. The summed E-state index contributed by atoms with van der Waals surface area (Å²) >= 11 is 5.93. The Morgan fingerprint density at radius 1 is 1.44 bits per heavy atom.